The zero-order chi connectivity index (χ0) is 13.0. The third kappa shape index (κ3) is 1.47. The zero-order valence-electron chi connectivity index (χ0n) is 11.9. The standard InChI is InChI=1S/C17H23NO/c1-11-15-9-12-5-3-4-8-17(12,18-11)16-10-13(19-2)6-7-14(15)16/h6-7,10-12,15,18H,3-5,8-9H2,1-2H3/t11?,12-,15-,17-/m0/s1. The van der Waals surface area contributed by atoms with E-state index in [1.165, 1.54) is 32.1 Å². The van der Waals surface area contributed by atoms with Crippen molar-refractivity contribution in [3.05, 3.63) is 29.3 Å². The van der Waals surface area contributed by atoms with Crippen molar-refractivity contribution in [3.8, 4) is 5.75 Å². The minimum atomic E-state index is 0.246. The lowest BCUT2D eigenvalue weighted by atomic mass is 9.55. The first-order valence-corrected chi connectivity index (χ1v) is 7.71. The Balaban J connectivity index is 1.91. The lowest BCUT2D eigenvalue weighted by molar-refractivity contribution is 0.0441. The summed E-state index contributed by atoms with van der Waals surface area (Å²) < 4.78 is 5.46. The van der Waals surface area contributed by atoms with Crippen LogP contribution in [0, 0.1) is 5.92 Å². The van der Waals surface area contributed by atoms with Gasteiger partial charge in [0.25, 0.3) is 0 Å². The predicted octanol–water partition coefficient (Wildman–Crippen LogP) is 3.56. The topological polar surface area (TPSA) is 21.3 Å². The molecule has 0 amide bonds. The largest absolute Gasteiger partial charge is 0.497 e. The van der Waals surface area contributed by atoms with Crippen molar-refractivity contribution in [1.29, 1.82) is 0 Å². The third-order valence-corrected chi connectivity index (χ3v) is 5.84. The second kappa shape index (κ2) is 3.99. The van der Waals surface area contributed by atoms with Crippen LogP contribution in [0.2, 0.25) is 0 Å². The summed E-state index contributed by atoms with van der Waals surface area (Å²) in [5.74, 6) is 2.55. The molecule has 2 aliphatic heterocycles. The number of hydrogen-bond acceptors (Lipinski definition) is 2. The first-order valence-electron chi connectivity index (χ1n) is 7.71. The average Bonchev–Trinajstić information content (AvgIpc) is 2.46. The molecule has 4 atom stereocenters. The molecule has 2 aliphatic carbocycles. The van der Waals surface area contributed by atoms with Gasteiger partial charge >= 0.3 is 0 Å². The summed E-state index contributed by atoms with van der Waals surface area (Å²) in [5.41, 5.74) is 3.38. The van der Waals surface area contributed by atoms with Gasteiger partial charge in [0, 0.05) is 11.6 Å². The highest BCUT2D eigenvalue weighted by atomic mass is 16.5. The molecule has 0 aromatic heterocycles. The molecule has 2 bridgehead atoms. The van der Waals surface area contributed by atoms with Crippen LogP contribution in [0.15, 0.2) is 18.2 Å². The van der Waals surface area contributed by atoms with Crippen LogP contribution in [0.1, 0.15) is 56.1 Å². The number of methoxy groups -OCH3 is 1. The SMILES string of the molecule is COc1ccc2c(c1)[C@]13CCCC[C@H]1C[C@H]2C(C)N3. The quantitative estimate of drug-likeness (QED) is 0.830. The lowest BCUT2D eigenvalue weighted by Gasteiger charge is -2.59. The number of rotatable bonds is 1. The van der Waals surface area contributed by atoms with Crippen LogP contribution < -0.4 is 10.1 Å². The molecule has 102 valence electrons. The number of piperidine rings is 1. The lowest BCUT2D eigenvalue weighted by Crippen LogP contribution is -2.63. The highest BCUT2D eigenvalue weighted by molar-refractivity contribution is 5.48. The van der Waals surface area contributed by atoms with E-state index in [9.17, 15) is 0 Å². The van der Waals surface area contributed by atoms with Crippen LogP contribution in [0.5, 0.6) is 5.75 Å². The Morgan fingerprint density at radius 1 is 1.32 bits per heavy atom. The van der Waals surface area contributed by atoms with E-state index in [2.05, 4.69) is 30.4 Å². The molecule has 2 heteroatoms. The van der Waals surface area contributed by atoms with Crippen molar-refractivity contribution < 1.29 is 4.74 Å². The molecule has 4 aliphatic rings. The molecule has 1 saturated heterocycles. The molecule has 19 heavy (non-hydrogen) atoms. The molecule has 1 aromatic rings. The maximum absolute atomic E-state index is 5.46. The summed E-state index contributed by atoms with van der Waals surface area (Å²) in [5, 5.41) is 3.98. The maximum Gasteiger partial charge on any atom is 0.119 e. The fourth-order valence-corrected chi connectivity index (χ4v) is 4.97. The first kappa shape index (κ1) is 11.8. The molecule has 1 aromatic carbocycles. The van der Waals surface area contributed by atoms with Crippen LogP contribution in [0.25, 0.3) is 0 Å². The van der Waals surface area contributed by atoms with E-state index in [0.717, 1.165) is 11.7 Å². The Kier molecular flexibility index (Phi) is 2.47. The normalized spacial score (nSPS) is 39.6. The van der Waals surface area contributed by atoms with Crippen LogP contribution in [0.4, 0.5) is 0 Å². The Morgan fingerprint density at radius 2 is 2.21 bits per heavy atom. The Labute approximate surface area is 115 Å². The van der Waals surface area contributed by atoms with Gasteiger partial charge in [0.2, 0.25) is 0 Å². The summed E-state index contributed by atoms with van der Waals surface area (Å²) in [6.07, 6.45) is 6.85. The van der Waals surface area contributed by atoms with E-state index in [0.29, 0.717) is 12.0 Å². The average molecular weight is 257 g/mol. The van der Waals surface area contributed by atoms with E-state index in [4.69, 9.17) is 4.74 Å². The van der Waals surface area contributed by atoms with Crippen LogP contribution in [0.3, 0.4) is 0 Å². The number of ether oxygens (including phenoxy) is 1. The molecule has 0 radical (unpaired) electrons. The number of fused-ring (bicyclic) bond motifs is 1. The van der Waals surface area contributed by atoms with Gasteiger partial charge in [-0.15, -0.1) is 0 Å². The van der Waals surface area contributed by atoms with Crippen LogP contribution in [-0.2, 0) is 5.54 Å². The van der Waals surface area contributed by atoms with Crippen molar-refractivity contribution >= 4 is 0 Å². The predicted molar refractivity (Wildman–Crippen MR) is 76.6 cm³/mol. The van der Waals surface area contributed by atoms with Gasteiger partial charge in [0.1, 0.15) is 5.75 Å². The fraction of sp³-hybridized carbons (Fsp3) is 0.647. The van der Waals surface area contributed by atoms with E-state index in [1.54, 1.807) is 18.2 Å². The zero-order valence-corrected chi connectivity index (χ0v) is 11.9. The van der Waals surface area contributed by atoms with E-state index >= 15 is 0 Å². The summed E-state index contributed by atoms with van der Waals surface area (Å²) in [6, 6.07) is 7.39. The molecule has 5 rings (SSSR count). The van der Waals surface area contributed by atoms with Crippen molar-refractivity contribution in [3.63, 3.8) is 0 Å². The van der Waals surface area contributed by atoms with E-state index < -0.39 is 0 Å². The monoisotopic (exact) mass is 257 g/mol. The molecule has 1 spiro atoms. The van der Waals surface area contributed by atoms with Crippen molar-refractivity contribution in [2.75, 3.05) is 7.11 Å². The van der Waals surface area contributed by atoms with Gasteiger partial charge in [-0.2, -0.15) is 0 Å². The molecule has 2 fully saturated rings. The number of hydrogen-bond donors (Lipinski definition) is 1. The highest BCUT2D eigenvalue weighted by Crippen LogP contribution is 2.57. The van der Waals surface area contributed by atoms with Crippen LogP contribution in [-0.4, -0.2) is 13.2 Å². The van der Waals surface area contributed by atoms with Gasteiger partial charge in [-0.3, -0.25) is 0 Å². The minimum Gasteiger partial charge on any atom is -0.497 e. The van der Waals surface area contributed by atoms with Crippen molar-refractivity contribution in [2.45, 2.75) is 56.5 Å². The third-order valence-electron chi connectivity index (χ3n) is 5.84. The van der Waals surface area contributed by atoms with Crippen molar-refractivity contribution in [1.82, 2.24) is 5.32 Å². The first-order chi connectivity index (χ1) is 9.24. The second-order valence-electron chi connectivity index (χ2n) is 6.64. The summed E-state index contributed by atoms with van der Waals surface area (Å²) in [4.78, 5) is 0. The maximum atomic E-state index is 5.46. The Hall–Kier alpha value is -1.02. The van der Waals surface area contributed by atoms with Gasteiger partial charge in [0.15, 0.2) is 0 Å². The van der Waals surface area contributed by atoms with Crippen LogP contribution >= 0.6 is 0 Å². The second-order valence-corrected chi connectivity index (χ2v) is 6.64. The number of benzene rings is 1. The summed E-state index contributed by atoms with van der Waals surface area (Å²) in [7, 11) is 1.77. The Bertz CT molecular complexity index is 512. The molecule has 2 heterocycles. The molecular formula is C17H23NO. The number of nitrogens with one attached hydrogen (secondary N) is 1. The Morgan fingerprint density at radius 3 is 3.05 bits per heavy atom. The smallest absolute Gasteiger partial charge is 0.119 e. The molecular weight excluding hydrogens is 234 g/mol. The summed E-state index contributed by atoms with van der Waals surface area (Å²) in [6.45, 7) is 2.37. The van der Waals surface area contributed by atoms with Crippen molar-refractivity contribution in [2.24, 2.45) is 5.92 Å². The van der Waals surface area contributed by atoms with Gasteiger partial charge in [-0.25, -0.2) is 0 Å². The fourth-order valence-electron chi connectivity index (χ4n) is 4.97. The van der Waals surface area contributed by atoms with Gasteiger partial charge in [-0.05, 0) is 61.3 Å². The van der Waals surface area contributed by atoms with Gasteiger partial charge < -0.3 is 10.1 Å². The van der Waals surface area contributed by atoms with E-state index in [1.807, 2.05) is 0 Å². The highest BCUT2D eigenvalue weighted by Gasteiger charge is 2.54. The molecule has 1 saturated carbocycles. The van der Waals surface area contributed by atoms with Gasteiger partial charge in [-0.1, -0.05) is 18.9 Å². The molecule has 1 N–H and O–H groups in total. The molecule has 2 nitrogen and oxygen atoms in total. The van der Waals surface area contributed by atoms with Gasteiger partial charge in [0.05, 0.1) is 7.11 Å². The summed E-state index contributed by atoms with van der Waals surface area (Å²) >= 11 is 0. The minimum absolute atomic E-state index is 0.246. The molecule has 1 unspecified atom stereocenters. The van der Waals surface area contributed by atoms with E-state index in [-0.39, 0.29) is 5.54 Å².